The maximum Gasteiger partial charge on any atom is 0.0783 e. The Morgan fingerprint density at radius 3 is 3.36 bits per heavy atom. The third kappa shape index (κ3) is 2.56. The molecular weight excluding hydrogens is 178 g/mol. The van der Waals surface area contributed by atoms with E-state index < -0.39 is 0 Å². The predicted molar refractivity (Wildman–Crippen MR) is 54.2 cm³/mol. The lowest BCUT2D eigenvalue weighted by Gasteiger charge is -2.13. The van der Waals surface area contributed by atoms with Crippen LogP contribution < -0.4 is 5.32 Å². The van der Waals surface area contributed by atoms with Crippen LogP contribution in [0.1, 0.15) is 12.0 Å². The van der Waals surface area contributed by atoms with Gasteiger partial charge in [0.1, 0.15) is 0 Å². The Morgan fingerprint density at radius 2 is 2.57 bits per heavy atom. The maximum absolute atomic E-state index is 5.69. The number of hydrogen-bond donors (Lipinski definition) is 1. The summed E-state index contributed by atoms with van der Waals surface area (Å²) in [4.78, 5) is 0. The van der Waals surface area contributed by atoms with Crippen molar-refractivity contribution in [1.82, 2.24) is 15.1 Å². The Kier molecular flexibility index (Phi) is 3.16. The van der Waals surface area contributed by atoms with Gasteiger partial charge in [0.2, 0.25) is 0 Å². The zero-order chi connectivity index (χ0) is 9.80. The Morgan fingerprint density at radius 1 is 1.64 bits per heavy atom. The summed E-state index contributed by atoms with van der Waals surface area (Å²) in [5.74, 6) is 0. The van der Waals surface area contributed by atoms with Crippen molar-refractivity contribution in [2.24, 2.45) is 0 Å². The lowest BCUT2D eigenvalue weighted by Crippen LogP contribution is -2.21. The van der Waals surface area contributed by atoms with Crippen LogP contribution in [0, 0.1) is 6.92 Å². The lowest BCUT2D eigenvalue weighted by atomic mass is 10.2. The molecule has 1 N–H and O–H groups in total. The number of nitrogens with zero attached hydrogens (tertiary/aromatic N) is 2. The van der Waals surface area contributed by atoms with E-state index in [4.69, 9.17) is 4.74 Å². The van der Waals surface area contributed by atoms with E-state index in [-0.39, 0.29) is 0 Å². The predicted octanol–water partition coefficient (Wildman–Crippen LogP) is 0.570. The van der Waals surface area contributed by atoms with Gasteiger partial charge in [-0.05, 0) is 25.5 Å². The largest absolute Gasteiger partial charge is 0.375 e. The van der Waals surface area contributed by atoms with Crippen molar-refractivity contribution in [3.63, 3.8) is 0 Å². The van der Waals surface area contributed by atoms with E-state index in [9.17, 15) is 0 Å². The Labute approximate surface area is 84.3 Å². The van der Waals surface area contributed by atoms with E-state index in [1.54, 1.807) is 0 Å². The molecule has 14 heavy (non-hydrogen) atoms. The Balaban J connectivity index is 1.89. The molecule has 1 aliphatic rings. The molecule has 1 aliphatic heterocycles. The van der Waals surface area contributed by atoms with Crippen molar-refractivity contribution in [3.8, 4) is 0 Å². The fraction of sp³-hybridized carbons (Fsp3) is 0.700. The molecule has 2 rings (SSSR count). The summed E-state index contributed by atoms with van der Waals surface area (Å²) in [5.41, 5.74) is 1.21. The molecule has 1 atom stereocenters. The molecule has 0 radical (unpaired) electrons. The van der Waals surface area contributed by atoms with Gasteiger partial charge in [-0.3, -0.25) is 4.68 Å². The first-order chi connectivity index (χ1) is 6.84. The number of nitrogens with one attached hydrogen (secondary N) is 1. The van der Waals surface area contributed by atoms with Gasteiger partial charge >= 0.3 is 0 Å². The van der Waals surface area contributed by atoms with Gasteiger partial charge in [0.05, 0.1) is 25.5 Å². The Hall–Kier alpha value is -0.870. The van der Waals surface area contributed by atoms with Crippen LogP contribution in [0.2, 0.25) is 0 Å². The molecule has 0 amide bonds. The molecule has 1 aromatic heterocycles. The minimum absolute atomic E-state index is 0.310. The van der Waals surface area contributed by atoms with Crippen LogP contribution in [0.15, 0.2) is 12.4 Å². The number of aromatic nitrogens is 2. The molecule has 1 saturated heterocycles. The first-order valence-corrected chi connectivity index (χ1v) is 5.16. The first-order valence-electron chi connectivity index (χ1n) is 5.16. The van der Waals surface area contributed by atoms with Gasteiger partial charge in [-0.25, -0.2) is 0 Å². The van der Waals surface area contributed by atoms with Crippen molar-refractivity contribution >= 4 is 0 Å². The van der Waals surface area contributed by atoms with Crippen molar-refractivity contribution in [3.05, 3.63) is 18.0 Å². The van der Waals surface area contributed by atoms with E-state index in [2.05, 4.69) is 23.5 Å². The molecule has 4 heteroatoms. The Bertz CT molecular complexity index is 277. The van der Waals surface area contributed by atoms with E-state index in [0.717, 1.165) is 32.7 Å². The molecule has 0 saturated carbocycles. The van der Waals surface area contributed by atoms with Crippen molar-refractivity contribution in [1.29, 1.82) is 0 Å². The van der Waals surface area contributed by atoms with Gasteiger partial charge in [0.25, 0.3) is 0 Å². The van der Waals surface area contributed by atoms with Gasteiger partial charge in [0.15, 0.2) is 0 Å². The summed E-state index contributed by atoms with van der Waals surface area (Å²) in [6, 6.07) is 0. The second-order valence-corrected chi connectivity index (χ2v) is 3.77. The quantitative estimate of drug-likeness (QED) is 0.750. The minimum atomic E-state index is 0.310. The number of aryl methyl sites for hydroxylation is 1. The highest BCUT2D eigenvalue weighted by molar-refractivity contribution is 4.99. The normalized spacial score (nSPS) is 23.4. The zero-order valence-corrected chi connectivity index (χ0v) is 8.57. The van der Waals surface area contributed by atoms with Crippen LogP contribution in [0.3, 0.4) is 0 Å². The molecule has 4 nitrogen and oxygen atoms in total. The summed E-state index contributed by atoms with van der Waals surface area (Å²) in [6.07, 6.45) is 5.32. The van der Waals surface area contributed by atoms with Crippen molar-refractivity contribution in [2.75, 3.05) is 19.7 Å². The molecule has 0 spiro atoms. The molecule has 1 fully saturated rings. The third-order valence-electron chi connectivity index (χ3n) is 2.43. The highest BCUT2D eigenvalue weighted by atomic mass is 16.5. The van der Waals surface area contributed by atoms with E-state index in [1.165, 1.54) is 5.56 Å². The van der Waals surface area contributed by atoms with Crippen LogP contribution in [0.5, 0.6) is 0 Å². The SMILES string of the molecule is Cc1cnn(C[C@H]2CCNCCO2)c1. The fourth-order valence-electron chi connectivity index (χ4n) is 1.69. The molecule has 2 heterocycles. The van der Waals surface area contributed by atoms with Crippen molar-refractivity contribution in [2.45, 2.75) is 26.0 Å². The van der Waals surface area contributed by atoms with Gasteiger partial charge in [-0.2, -0.15) is 5.10 Å². The van der Waals surface area contributed by atoms with E-state index in [1.807, 2.05) is 10.9 Å². The van der Waals surface area contributed by atoms with Crippen molar-refractivity contribution < 1.29 is 4.74 Å². The van der Waals surface area contributed by atoms with Gasteiger partial charge in [-0.15, -0.1) is 0 Å². The molecule has 0 unspecified atom stereocenters. The smallest absolute Gasteiger partial charge is 0.0783 e. The van der Waals surface area contributed by atoms with E-state index >= 15 is 0 Å². The van der Waals surface area contributed by atoms with Crippen LogP contribution in [-0.2, 0) is 11.3 Å². The number of ether oxygens (including phenoxy) is 1. The summed E-state index contributed by atoms with van der Waals surface area (Å²) < 4.78 is 7.66. The summed E-state index contributed by atoms with van der Waals surface area (Å²) in [5, 5.41) is 7.57. The van der Waals surface area contributed by atoms with Crippen LogP contribution in [0.4, 0.5) is 0 Å². The first kappa shape index (κ1) is 9.68. The summed E-state index contributed by atoms with van der Waals surface area (Å²) >= 11 is 0. The molecule has 0 bridgehead atoms. The average molecular weight is 195 g/mol. The maximum atomic E-state index is 5.69. The summed E-state index contributed by atoms with van der Waals surface area (Å²) in [6.45, 7) is 5.75. The molecule has 78 valence electrons. The van der Waals surface area contributed by atoms with Crippen LogP contribution in [-0.4, -0.2) is 35.6 Å². The minimum Gasteiger partial charge on any atom is -0.375 e. The molecule has 1 aromatic rings. The van der Waals surface area contributed by atoms with Gasteiger partial charge < -0.3 is 10.1 Å². The molecule has 0 aromatic carbocycles. The highest BCUT2D eigenvalue weighted by Gasteiger charge is 2.12. The topological polar surface area (TPSA) is 39.1 Å². The van der Waals surface area contributed by atoms with Gasteiger partial charge in [0, 0.05) is 12.7 Å². The second-order valence-electron chi connectivity index (χ2n) is 3.77. The second kappa shape index (κ2) is 4.57. The molecule has 0 aliphatic carbocycles. The standard InChI is InChI=1S/C10H17N3O/c1-9-6-12-13(7-9)8-10-2-3-11-4-5-14-10/h6-7,10-11H,2-5,8H2,1H3/t10-/m1/s1. The third-order valence-corrected chi connectivity index (χ3v) is 2.43. The molecular formula is C10H17N3O. The highest BCUT2D eigenvalue weighted by Crippen LogP contribution is 2.05. The average Bonchev–Trinajstić information content (AvgIpc) is 2.43. The number of rotatable bonds is 2. The number of hydrogen-bond acceptors (Lipinski definition) is 3. The monoisotopic (exact) mass is 195 g/mol. The summed E-state index contributed by atoms with van der Waals surface area (Å²) in [7, 11) is 0. The fourth-order valence-corrected chi connectivity index (χ4v) is 1.69. The lowest BCUT2D eigenvalue weighted by molar-refractivity contribution is 0.0499. The van der Waals surface area contributed by atoms with Crippen LogP contribution >= 0.6 is 0 Å². The zero-order valence-electron chi connectivity index (χ0n) is 8.57. The van der Waals surface area contributed by atoms with E-state index in [0.29, 0.717) is 6.10 Å². The van der Waals surface area contributed by atoms with Gasteiger partial charge in [-0.1, -0.05) is 0 Å². The van der Waals surface area contributed by atoms with Crippen LogP contribution in [0.25, 0.3) is 0 Å².